The number of aliphatic carboxylic acids is 1. The lowest BCUT2D eigenvalue weighted by Crippen LogP contribution is -2.22. The van der Waals surface area contributed by atoms with Crippen molar-refractivity contribution in [1.29, 1.82) is 0 Å². The summed E-state index contributed by atoms with van der Waals surface area (Å²) < 4.78 is 0. The third-order valence-electron chi connectivity index (χ3n) is 2.18. The number of amides is 1. The van der Waals surface area contributed by atoms with Crippen LogP contribution in [0.4, 0.5) is 0 Å². The molecule has 0 atom stereocenters. The van der Waals surface area contributed by atoms with Crippen LogP contribution in [0.5, 0.6) is 0 Å². The van der Waals surface area contributed by atoms with Crippen LogP contribution in [0, 0.1) is 5.92 Å². The highest BCUT2D eigenvalue weighted by Gasteiger charge is 2.24. The molecule has 0 aromatic heterocycles. The lowest BCUT2D eigenvalue weighted by molar-refractivity contribution is -0.135. The van der Waals surface area contributed by atoms with Crippen LogP contribution in [0.2, 0.25) is 0 Å². The quantitative estimate of drug-likeness (QED) is 0.741. The number of nitrogens with zero attached hydrogens (tertiary/aromatic N) is 2. The van der Waals surface area contributed by atoms with E-state index in [0.29, 0.717) is 18.2 Å². The second kappa shape index (κ2) is 4.91. The van der Waals surface area contributed by atoms with Gasteiger partial charge in [-0.3, -0.25) is 9.59 Å². The molecule has 1 aliphatic rings. The van der Waals surface area contributed by atoms with Gasteiger partial charge in [-0.25, -0.2) is 5.01 Å². The smallest absolute Gasteiger partial charge is 0.309 e. The van der Waals surface area contributed by atoms with Crippen molar-refractivity contribution in [2.75, 3.05) is 6.54 Å². The maximum absolute atomic E-state index is 11.4. The van der Waals surface area contributed by atoms with Gasteiger partial charge in [0.25, 0.3) is 0 Å². The topological polar surface area (TPSA) is 70.0 Å². The van der Waals surface area contributed by atoms with Gasteiger partial charge in [-0.2, -0.15) is 5.10 Å². The van der Waals surface area contributed by atoms with E-state index in [9.17, 15) is 9.59 Å². The van der Waals surface area contributed by atoms with Crippen LogP contribution < -0.4 is 0 Å². The predicted molar refractivity (Wildman–Crippen MR) is 55.5 cm³/mol. The normalized spacial score (nSPS) is 16.1. The first-order valence-corrected chi connectivity index (χ1v) is 5.07. The van der Waals surface area contributed by atoms with E-state index < -0.39 is 5.97 Å². The van der Waals surface area contributed by atoms with Gasteiger partial charge in [-0.15, -0.1) is 0 Å². The molecule has 0 aromatic carbocycles. The molecule has 1 aliphatic heterocycles. The monoisotopic (exact) mass is 212 g/mol. The minimum atomic E-state index is -0.938. The fourth-order valence-electron chi connectivity index (χ4n) is 1.36. The summed E-state index contributed by atoms with van der Waals surface area (Å²) in [5.74, 6) is -0.518. The molecule has 0 bridgehead atoms. The Balaban J connectivity index is 2.48. The molecule has 1 rings (SSSR count). The van der Waals surface area contributed by atoms with Crippen LogP contribution in [0.25, 0.3) is 0 Å². The molecule has 0 saturated heterocycles. The highest BCUT2D eigenvalue weighted by Crippen LogP contribution is 2.12. The summed E-state index contributed by atoms with van der Waals surface area (Å²) >= 11 is 0. The molecular weight excluding hydrogens is 196 g/mol. The minimum Gasteiger partial charge on any atom is -0.481 e. The Hall–Kier alpha value is -1.39. The Morgan fingerprint density at radius 3 is 2.80 bits per heavy atom. The fourth-order valence-corrected chi connectivity index (χ4v) is 1.36. The van der Waals surface area contributed by atoms with E-state index in [1.54, 1.807) is 0 Å². The Kier molecular flexibility index (Phi) is 3.82. The first-order chi connectivity index (χ1) is 6.99. The molecular formula is C10H16N2O3. The van der Waals surface area contributed by atoms with Gasteiger partial charge in [0.05, 0.1) is 18.6 Å². The average molecular weight is 212 g/mol. The van der Waals surface area contributed by atoms with Gasteiger partial charge in [0.1, 0.15) is 0 Å². The van der Waals surface area contributed by atoms with Crippen LogP contribution >= 0.6 is 0 Å². The van der Waals surface area contributed by atoms with Gasteiger partial charge >= 0.3 is 5.97 Å². The van der Waals surface area contributed by atoms with Gasteiger partial charge in [0.2, 0.25) is 5.91 Å². The number of rotatable bonds is 5. The maximum Gasteiger partial charge on any atom is 0.309 e. The highest BCUT2D eigenvalue weighted by molar-refractivity contribution is 6.10. The number of hydrogen-bond acceptors (Lipinski definition) is 3. The van der Waals surface area contributed by atoms with E-state index in [1.165, 1.54) is 5.01 Å². The summed E-state index contributed by atoms with van der Waals surface area (Å²) in [7, 11) is 0. The van der Waals surface area contributed by atoms with Crippen molar-refractivity contribution in [2.24, 2.45) is 11.0 Å². The lowest BCUT2D eigenvalue weighted by atomic mass is 10.1. The SMILES string of the molecule is CC(C)CCN1N=C(CC(=O)O)CC1=O. The summed E-state index contributed by atoms with van der Waals surface area (Å²) in [4.78, 5) is 21.8. The predicted octanol–water partition coefficient (Wildman–Crippen LogP) is 1.10. The molecule has 5 nitrogen and oxygen atoms in total. The number of carbonyl (C=O) groups is 2. The summed E-state index contributed by atoms with van der Waals surface area (Å²) in [6.45, 7) is 4.73. The summed E-state index contributed by atoms with van der Waals surface area (Å²) in [6, 6.07) is 0. The highest BCUT2D eigenvalue weighted by atomic mass is 16.4. The van der Waals surface area contributed by atoms with Crippen LogP contribution in [0.15, 0.2) is 5.10 Å². The van der Waals surface area contributed by atoms with Crippen molar-refractivity contribution in [3.63, 3.8) is 0 Å². The Labute approximate surface area is 88.8 Å². The largest absolute Gasteiger partial charge is 0.481 e. The van der Waals surface area contributed by atoms with Crippen LogP contribution in [0.3, 0.4) is 0 Å². The zero-order chi connectivity index (χ0) is 11.4. The molecule has 5 heteroatoms. The third-order valence-corrected chi connectivity index (χ3v) is 2.18. The molecule has 0 saturated carbocycles. The van der Waals surface area contributed by atoms with Gasteiger partial charge in [0, 0.05) is 6.54 Å². The molecule has 0 aliphatic carbocycles. The van der Waals surface area contributed by atoms with Crippen molar-refractivity contribution in [1.82, 2.24) is 5.01 Å². The fraction of sp³-hybridized carbons (Fsp3) is 0.700. The van der Waals surface area contributed by atoms with E-state index in [1.807, 2.05) is 0 Å². The summed E-state index contributed by atoms with van der Waals surface area (Å²) in [5, 5.41) is 13.9. The Morgan fingerprint density at radius 1 is 1.60 bits per heavy atom. The molecule has 84 valence electrons. The van der Waals surface area contributed by atoms with Crippen molar-refractivity contribution >= 4 is 17.6 Å². The average Bonchev–Trinajstić information content (AvgIpc) is 2.41. The van der Waals surface area contributed by atoms with E-state index in [0.717, 1.165) is 6.42 Å². The molecule has 0 unspecified atom stereocenters. The van der Waals surface area contributed by atoms with Gasteiger partial charge in [0.15, 0.2) is 0 Å². The van der Waals surface area contributed by atoms with E-state index in [2.05, 4.69) is 18.9 Å². The molecule has 1 amide bonds. The summed E-state index contributed by atoms with van der Waals surface area (Å²) in [5.41, 5.74) is 0.455. The van der Waals surface area contributed by atoms with E-state index >= 15 is 0 Å². The van der Waals surface area contributed by atoms with Gasteiger partial charge in [-0.1, -0.05) is 13.8 Å². The van der Waals surface area contributed by atoms with Crippen LogP contribution in [0.1, 0.15) is 33.1 Å². The third kappa shape index (κ3) is 3.69. The number of carbonyl (C=O) groups excluding carboxylic acids is 1. The molecule has 1 N–H and O–H groups in total. The van der Waals surface area contributed by atoms with Crippen molar-refractivity contribution in [3.05, 3.63) is 0 Å². The van der Waals surface area contributed by atoms with E-state index in [-0.39, 0.29) is 18.7 Å². The number of hydrazone groups is 1. The molecule has 0 radical (unpaired) electrons. The van der Waals surface area contributed by atoms with Crippen molar-refractivity contribution in [3.8, 4) is 0 Å². The Morgan fingerprint density at radius 2 is 2.27 bits per heavy atom. The van der Waals surface area contributed by atoms with Crippen molar-refractivity contribution in [2.45, 2.75) is 33.1 Å². The second-order valence-corrected chi connectivity index (χ2v) is 4.11. The summed E-state index contributed by atoms with van der Waals surface area (Å²) in [6.07, 6.45) is 0.907. The first-order valence-electron chi connectivity index (χ1n) is 5.07. The van der Waals surface area contributed by atoms with Crippen LogP contribution in [-0.2, 0) is 9.59 Å². The first kappa shape index (κ1) is 11.7. The number of hydrogen-bond donors (Lipinski definition) is 1. The molecule has 0 fully saturated rings. The maximum atomic E-state index is 11.4. The van der Waals surface area contributed by atoms with E-state index in [4.69, 9.17) is 5.11 Å². The molecule has 0 spiro atoms. The zero-order valence-electron chi connectivity index (χ0n) is 9.06. The van der Waals surface area contributed by atoms with Crippen LogP contribution in [-0.4, -0.2) is 34.2 Å². The number of carboxylic acid groups (broad SMARTS) is 1. The lowest BCUT2D eigenvalue weighted by Gasteiger charge is -2.12. The van der Waals surface area contributed by atoms with Gasteiger partial charge < -0.3 is 5.11 Å². The second-order valence-electron chi connectivity index (χ2n) is 4.11. The Bertz CT molecular complexity index is 297. The molecule has 15 heavy (non-hydrogen) atoms. The zero-order valence-corrected chi connectivity index (χ0v) is 9.06. The molecule has 1 heterocycles. The molecule has 0 aromatic rings. The minimum absolute atomic E-state index is 0.0908. The number of carboxylic acids is 1. The van der Waals surface area contributed by atoms with Gasteiger partial charge in [-0.05, 0) is 12.3 Å². The standard InChI is InChI=1S/C10H16N2O3/c1-7(2)3-4-12-9(13)5-8(11-12)6-10(14)15/h7H,3-6H2,1-2H3,(H,14,15). The van der Waals surface area contributed by atoms with Crippen molar-refractivity contribution < 1.29 is 14.7 Å².